The van der Waals surface area contributed by atoms with Crippen molar-refractivity contribution < 1.29 is 60.2 Å². The molecule has 9 N–H and O–H groups in total. The average Bonchev–Trinajstić information content (AvgIpc) is 3.04. The minimum Gasteiger partial charge on any atom is -0.393 e. The molecule has 12 nitrogen and oxygen atoms in total. The Morgan fingerprint density at radius 2 is 1.25 bits per heavy atom. The topological polar surface area (TPSA) is 218 Å². The molecule has 0 aliphatic carbocycles. The number of ether oxygens (including phenoxy) is 2. The maximum Gasteiger partial charge on any atom is 0.188 e. The van der Waals surface area contributed by atoms with E-state index in [1.165, 1.54) is 0 Å². The lowest BCUT2D eigenvalue weighted by atomic mass is 10.2. The lowest BCUT2D eigenvalue weighted by Gasteiger charge is -2.06. The van der Waals surface area contributed by atoms with E-state index >= 15 is 0 Å². The number of hydrogen-bond acceptors (Lipinski definition) is 12. The molecule has 0 spiro atoms. The Hall–Kier alpha value is -0.770. The molecule has 0 aromatic rings. The van der Waals surface area contributed by atoms with Gasteiger partial charge in [0, 0.05) is 0 Å². The summed E-state index contributed by atoms with van der Waals surface area (Å²) in [6.07, 6.45) is -7.94. The van der Waals surface area contributed by atoms with Gasteiger partial charge in [-0.1, -0.05) is 0 Å². The molecule has 12 heteroatoms. The summed E-state index contributed by atoms with van der Waals surface area (Å²) in [7, 11) is 0. The summed E-state index contributed by atoms with van der Waals surface area (Å²) in [4.78, 5) is 10.1. The summed E-state index contributed by atoms with van der Waals surface area (Å²) in [6.45, 7) is -1.31. The number of aliphatic hydroxyl groups excluding tert-OH is 9. The molecule has 24 heavy (non-hydrogen) atoms. The summed E-state index contributed by atoms with van der Waals surface area (Å²) >= 11 is 0. The molecule has 0 bridgehead atoms. The van der Waals surface area contributed by atoms with Gasteiger partial charge in [0.2, 0.25) is 0 Å². The zero-order valence-corrected chi connectivity index (χ0v) is 12.6. The van der Waals surface area contributed by atoms with E-state index in [1.807, 2.05) is 0 Å². The van der Waals surface area contributed by atoms with Crippen molar-refractivity contribution in [3.8, 4) is 0 Å². The van der Waals surface area contributed by atoms with Crippen LogP contribution in [-0.2, 0) is 14.3 Å². The van der Waals surface area contributed by atoms with Gasteiger partial charge in [0.05, 0.1) is 19.8 Å². The highest BCUT2D eigenvalue weighted by atomic mass is 16.6. The number of rotatable bonds is 3. The molecule has 2 heterocycles. The molecule has 0 radical (unpaired) electrons. The minimum absolute atomic E-state index is 0.0162. The normalized spacial score (nSPS) is 36.2. The van der Waals surface area contributed by atoms with Gasteiger partial charge >= 0.3 is 0 Å². The van der Waals surface area contributed by atoms with Crippen LogP contribution in [0.25, 0.3) is 0 Å². The first-order valence-corrected chi connectivity index (χ1v) is 6.89. The third-order valence-corrected chi connectivity index (χ3v) is 2.95. The van der Waals surface area contributed by atoms with Gasteiger partial charge in [0.1, 0.15) is 37.1 Å². The standard InChI is InChI=1S/3C4H8O4/c2*5-2-1-8-4(7)3(2)6;5-1-3(7)4(8)2-6/h2*2-7H,1H2;3,5-7H,1-2H2/t2-,3+,4?;2-,3-,4?;3-/m111/s1. The predicted molar refractivity (Wildman–Crippen MR) is 73.1 cm³/mol. The molecule has 0 aromatic heterocycles. The van der Waals surface area contributed by atoms with E-state index in [9.17, 15) is 4.79 Å². The molecular formula is C12H24O12. The molecule has 0 aromatic carbocycles. The fourth-order valence-corrected chi connectivity index (χ4v) is 1.38. The van der Waals surface area contributed by atoms with E-state index in [0.29, 0.717) is 0 Å². The maximum atomic E-state index is 10.1. The van der Waals surface area contributed by atoms with Crippen LogP contribution in [0.3, 0.4) is 0 Å². The van der Waals surface area contributed by atoms with Crippen LogP contribution in [0, 0.1) is 0 Å². The van der Waals surface area contributed by atoms with Gasteiger partial charge in [-0.2, -0.15) is 0 Å². The van der Waals surface area contributed by atoms with Crippen molar-refractivity contribution in [2.75, 3.05) is 26.4 Å². The van der Waals surface area contributed by atoms with E-state index in [4.69, 9.17) is 46.0 Å². The molecule has 2 aliphatic heterocycles. The highest BCUT2D eigenvalue weighted by Crippen LogP contribution is 2.10. The highest BCUT2D eigenvalue weighted by Gasteiger charge is 2.33. The number of carbonyl (C=O) groups excluding carboxylic acids is 1. The third-order valence-electron chi connectivity index (χ3n) is 2.95. The van der Waals surface area contributed by atoms with Crippen molar-refractivity contribution in [2.45, 2.75) is 43.1 Å². The van der Waals surface area contributed by atoms with Crippen LogP contribution in [0.5, 0.6) is 0 Å². The van der Waals surface area contributed by atoms with Crippen LogP contribution in [0.1, 0.15) is 0 Å². The first-order valence-electron chi connectivity index (χ1n) is 6.89. The van der Waals surface area contributed by atoms with Crippen LogP contribution in [0.2, 0.25) is 0 Å². The van der Waals surface area contributed by atoms with Crippen molar-refractivity contribution in [1.82, 2.24) is 0 Å². The largest absolute Gasteiger partial charge is 0.393 e. The number of Topliss-reactive ketones (excluding diaryl/α,β-unsaturated/α-hetero) is 1. The van der Waals surface area contributed by atoms with Crippen LogP contribution in [0.4, 0.5) is 0 Å². The molecule has 2 rings (SSSR count). The quantitative estimate of drug-likeness (QED) is 0.230. The predicted octanol–water partition coefficient (Wildman–Crippen LogP) is -5.99. The van der Waals surface area contributed by atoms with Gasteiger partial charge in [0.25, 0.3) is 0 Å². The Labute approximate surface area is 136 Å². The zero-order chi connectivity index (χ0) is 18.9. The first-order chi connectivity index (χ1) is 11.1. The maximum absolute atomic E-state index is 10.1. The second-order valence-electron chi connectivity index (χ2n) is 4.89. The van der Waals surface area contributed by atoms with Gasteiger partial charge in [-0.25, -0.2) is 0 Å². The Bertz CT molecular complexity index is 311. The van der Waals surface area contributed by atoms with Gasteiger partial charge < -0.3 is 55.4 Å². The number of hydrogen-bond donors (Lipinski definition) is 9. The molecule has 7 atom stereocenters. The molecular weight excluding hydrogens is 336 g/mol. The number of ketones is 1. The van der Waals surface area contributed by atoms with Gasteiger partial charge in [-0.05, 0) is 0 Å². The SMILES string of the molecule is O=C(CO)[C@H](O)CO.OC1OC[C@@H](O)[C@@H]1O.OC1OC[C@@H](O)[C@H]1O. The van der Waals surface area contributed by atoms with E-state index < -0.39 is 62.1 Å². The number of aliphatic hydroxyl groups is 9. The van der Waals surface area contributed by atoms with Crippen LogP contribution < -0.4 is 0 Å². The third kappa shape index (κ3) is 7.87. The van der Waals surface area contributed by atoms with Crippen molar-refractivity contribution >= 4 is 5.78 Å². The van der Waals surface area contributed by atoms with Crippen LogP contribution in [0.15, 0.2) is 0 Å². The van der Waals surface area contributed by atoms with Crippen molar-refractivity contribution in [3.63, 3.8) is 0 Å². The number of carbonyl (C=O) groups is 1. The highest BCUT2D eigenvalue weighted by molar-refractivity contribution is 5.83. The molecule has 0 saturated carbocycles. The lowest BCUT2D eigenvalue weighted by Crippen LogP contribution is -2.29. The zero-order valence-electron chi connectivity index (χ0n) is 12.6. The Morgan fingerprint density at radius 1 is 0.875 bits per heavy atom. The molecule has 144 valence electrons. The van der Waals surface area contributed by atoms with Crippen molar-refractivity contribution in [3.05, 3.63) is 0 Å². The lowest BCUT2D eigenvalue weighted by molar-refractivity contribution is -0.131. The molecule has 2 fully saturated rings. The fraction of sp³-hybridized carbons (Fsp3) is 0.917. The summed E-state index contributed by atoms with van der Waals surface area (Å²) in [5, 5.41) is 76.1. The summed E-state index contributed by atoms with van der Waals surface area (Å²) in [5.74, 6) is -0.757. The van der Waals surface area contributed by atoms with Gasteiger partial charge in [-0.15, -0.1) is 0 Å². The van der Waals surface area contributed by atoms with E-state index in [2.05, 4.69) is 9.47 Å². The second-order valence-corrected chi connectivity index (χ2v) is 4.89. The van der Waals surface area contributed by atoms with Crippen LogP contribution >= 0.6 is 0 Å². The van der Waals surface area contributed by atoms with Crippen LogP contribution in [-0.4, -0.2) is 121 Å². The fourth-order valence-electron chi connectivity index (χ4n) is 1.38. The van der Waals surface area contributed by atoms with E-state index in [-0.39, 0.29) is 13.2 Å². The first kappa shape index (κ1) is 23.2. The Kier molecular flexibility index (Phi) is 11.4. The van der Waals surface area contributed by atoms with Gasteiger partial charge in [0.15, 0.2) is 18.4 Å². The molecule has 2 unspecified atom stereocenters. The molecule has 2 aliphatic rings. The Morgan fingerprint density at radius 3 is 1.33 bits per heavy atom. The van der Waals surface area contributed by atoms with E-state index in [0.717, 1.165) is 0 Å². The van der Waals surface area contributed by atoms with Crippen molar-refractivity contribution in [1.29, 1.82) is 0 Å². The van der Waals surface area contributed by atoms with Crippen molar-refractivity contribution in [2.24, 2.45) is 0 Å². The summed E-state index contributed by atoms with van der Waals surface area (Å²) in [6, 6.07) is 0. The van der Waals surface area contributed by atoms with Gasteiger partial charge in [-0.3, -0.25) is 4.79 Å². The monoisotopic (exact) mass is 360 g/mol. The molecule has 0 amide bonds. The minimum atomic E-state index is -1.42. The second kappa shape index (κ2) is 11.7. The molecule has 2 saturated heterocycles. The summed E-state index contributed by atoms with van der Waals surface area (Å²) < 4.78 is 8.87. The van der Waals surface area contributed by atoms with E-state index in [1.54, 1.807) is 0 Å². The Balaban J connectivity index is 0.000000331. The average molecular weight is 360 g/mol. The smallest absolute Gasteiger partial charge is 0.188 e. The summed E-state index contributed by atoms with van der Waals surface area (Å²) in [5.41, 5.74) is 0.